The van der Waals surface area contributed by atoms with Crippen LogP contribution in [-0.2, 0) is 6.42 Å². The number of hydrogen-bond acceptors (Lipinski definition) is 2. The average Bonchev–Trinajstić information content (AvgIpc) is 2.03. The van der Waals surface area contributed by atoms with Crippen LogP contribution < -0.4 is 5.73 Å². The quantitative estimate of drug-likeness (QED) is 0.828. The predicted octanol–water partition coefficient (Wildman–Crippen LogP) is 2.37. The molecule has 1 rings (SSSR count). The maximum absolute atomic E-state index is 5.65. The lowest BCUT2D eigenvalue weighted by molar-refractivity contribution is 0.372. The first-order chi connectivity index (χ1) is 6.03. The first kappa shape index (κ1) is 10.7. The molecule has 0 unspecified atom stereocenters. The summed E-state index contributed by atoms with van der Waals surface area (Å²) in [5.74, 6) is 0. The van der Waals surface area contributed by atoms with Crippen molar-refractivity contribution >= 4 is 15.9 Å². The minimum Gasteiger partial charge on any atom is -0.330 e. The van der Waals surface area contributed by atoms with Gasteiger partial charge in [0.2, 0.25) is 0 Å². The van der Waals surface area contributed by atoms with Crippen molar-refractivity contribution in [2.75, 3.05) is 6.54 Å². The first-order valence-corrected chi connectivity index (χ1v) is 5.14. The van der Waals surface area contributed by atoms with Gasteiger partial charge in [-0.2, -0.15) is 0 Å². The summed E-state index contributed by atoms with van der Waals surface area (Å²) in [6.07, 6.45) is 0.920. The van der Waals surface area contributed by atoms with Gasteiger partial charge in [0.25, 0.3) is 0 Å². The molecule has 0 aliphatic carbocycles. The number of pyridine rings is 1. The Kier molecular flexibility index (Phi) is 3.45. The van der Waals surface area contributed by atoms with E-state index in [1.165, 1.54) is 0 Å². The molecule has 72 valence electrons. The van der Waals surface area contributed by atoms with Crippen LogP contribution in [0, 0.1) is 5.41 Å². The van der Waals surface area contributed by atoms with Crippen LogP contribution in [-0.4, -0.2) is 11.5 Å². The Labute approximate surface area is 87.7 Å². The molecule has 0 aliphatic rings. The van der Waals surface area contributed by atoms with Crippen LogP contribution in [0.15, 0.2) is 22.8 Å². The van der Waals surface area contributed by atoms with Gasteiger partial charge in [0.05, 0.1) is 0 Å². The molecule has 0 radical (unpaired) electrons. The third-order valence-electron chi connectivity index (χ3n) is 1.99. The standard InChI is InChI=1S/C10H15BrN2/c1-10(2,7-12)6-8-4-3-5-9(11)13-8/h3-5H,6-7,12H2,1-2H3. The van der Waals surface area contributed by atoms with Gasteiger partial charge in [-0.1, -0.05) is 19.9 Å². The van der Waals surface area contributed by atoms with Gasteiger partial charge in [-0.25, -0.2) is 4.98 Å². The predicted molar refractivity (Wildman–Crippen MR) is 58.5 cm³/mol. The zero-order chi connectivity index (χ0) is 9.90. The molecule has 0 aromatic carbocycles. The lowest BCUT2D eigenvalue weighted by Crippen LogP contribution is -2.26. The summed E-state index contributed by atoms with van der Waals surface area (Å²) in [5.41, 5.74) is 6.87. The molecule has 1 aromatic rings. The highest BCUT2D eigenvalue weighted by Crippen LogP contribution is 2.19. The molecule has 0 spiro atoms. The number of hydrogen-bond donors (Lipinski definition) is 1. The van der Waals surface area contributed by atoms with E-state index in [1.54, 1.807) is 0 Å². The van der Waals surface area contributed by atoms with Crippen molar-refractivity contribution in [1.29, 1.82) is 0 Å². The van der Waals surface area contributed by atoms with Crippen molar-refractivity contribution in [1.82, 2.24) is 4.98 Å². The second kappa shape index (κ2) is 4.20. The molecule has 0 saturated carbocycles. The van der Waals surface area contributed by atoms with E-state index in [9.17, 15) is 0 Å². The van der Waals surface area contributed by atoms with Crippen molar-refractivity contribution in [3.8, 4) is 0 Å². The second-order valence-corrected chi connectivity index (χ2v) is 4.81. The summed E-state index contributed by atoms with van der Waals surface area (Å²) in [4.78, 5) is 4.37. The SMILES string of the molecule is CC(C)(CN)Cc1cccc(Br)n1. The molecule has 0 aliphatic heterocycles. The maximum Gasteiger partial charge on any atom is 0.106 e. The molecule has 2 nitrogen and oxygen atoms in total. The van der Waals surface area contributed by atoms with Crippen LogP contribution in [0.25, 0.3) is 0 Å². The number of nitrogens with zero attached hydrogens (tertiary/aromatic N) is 1. The second-order valence-electron chi connectivity index (χ2n) is 4.00. The maximum atomic E-state index is 5.65. The monoisotopic (exact) mass is 242 g/mol. The number of halogens is 1. The Hall–Kier alpha value is -0.410. The van der Waals surface area contributed by atoms with Crippen LogP contribution >= 0.6 is 15.9 Å². The average molecular weight is 243 g/mol. The normalized spacial score (nSPS) is 11.7. The topological polar surface area (TPSA) is 38.9 Å². The van der Waals surface area contributed by atoms with Crippen LogP contribution in [0.2, 0.25) is 0 Å². The molecule has 3 heteroatoms. The van der Waals surface area contributed by atoms with Crippen LogP contribution in [0.3, 0.4) is 0 Å². The Morgan fingerprint density at radius 3 is 2.69 bits per heavy atom. The minimum absolute atomic E-state index is 0.133. The molecular formula is C10H15BrN2. The third kappa shape index (κ3) is 3.44. The number of rotatable bonds is 3. The van der Waals surface area contributed by atoms with Gasteiger partial charge < -0.3 is 5.73 Å². The fourth-order valence-corrected chi connectivity index (χ4v) is 1.49. The third-order valence-corrected chi connectivity index (χ3v) is 2.43. The van der Waals surface area contributed by atoms with Gasteiger partial charge in [0.15, 0.2) is 0 Å². The fourth-order valence-electron chi connectivity index (χ4n) is 1.11. The van der Waals surface area contributed by atoms with E-state index in [2.05, 4.69) is 34.8 Å². The molecule has 0 amide bonds. The molecular weight excluding hydrogens is 228 g/mol. The largest absolute Gasteiger partial charge is 0.330 e. The van der Waals surface area contributed by atoms with Gasteiger partial charge in [0.1, 0.15) is 4.60 Å². The van der Waals surface area contributed by atoms with Crippen LogP contribution in [0.4, 0.5) is 0 Å². The number of aromatic nitrogens is 1. The summed E-state index contributed by atoms with van der Waals surface area (Å²) in [6.45, 7) is 4.98. The van der Waals surface area contributed by atoms with E-state index in [4.69, 9.17) is 5.73 Å². The Morgan fingerprint density at radius 2 is 2.15 bits per heavy atom. The van der Waals surface area contributed by atoms with Crippen LogP contribution in [0.1, 0.15) is 19.5 Å². The first-order valence-electron chi connectivity index (χ1n) is 4.35. The molecule has 1 heterocycles. The smallest absolute Gasteiger partial charge is 0.106 e. The van der Waals surface area contributed by atoms with Gasteiger partial charge in [-0.15, -0.1) is 0 Å². The molecule has 0 saturated heterocycles. The molecule has 0 fully saturated rings. The van der Waals surface area contributed by atoms with E-state index in [1.807, 2.05) is 18.2 Å². The zero-order valence-corrected chi connectivity index (χ0v) is 9.63. The van der Waals surface area contributed by atoms with Crippen molar-refractivity contribution in [2.24, 2.45) is 11.1 Å². The summed E-state index contributed by atoms with van der Waals surface area (Å²) in [6, 6.07) is 5.96. The fraction of sp³-hybridized carbons (Fsp3) is 0.500. The van der Waals surface area contributed by atoms with E-state index in [0.29, 0.717) is 6.54 Å². The molecule has 0 atom stereocenters. The zero-order valence-electron chi connectivity index (χ0n) is 8.05. The molecule has 2 N–H and O–H groups in total. The van der Waals surface area contributed by atoms with Crippen molar-refractivity contribution in [3.05, 3.63) is 28.5 Å². The highest BCUT2D eigenvalue weighted by Gasteiger charge is 2.16. The summed E-state index contributed by atoms with van der Waals surface area (Å²) in [7, 11) is 0. The highest BCUT2D eigenvalue weighted by atomic mass is 79.9. The van der Waals surface area contributed by atoms with Crippen LogP contribution in [0.5, 0.6) is 0 Å². The minimum atomic E-state index is 0.133. The Morgan fingerprint density at radius 1 is 1.46 bits per heavy atom. The Balaban J connectivity index is 2.74. The summed E-state index contributed by atoms with van der Waals surface area (Å²) < 4.78 is 0.887. The lowest BCUT2D eigenvalue weighted by Gasteiger charge is -2.21. The van der Waals surface area contributed by atoms with E-state index < -0.39 is 0 Å². The van der Waals surface area contributed by atoms with Gasteiger partial charge in [-0.05, 0) is 46.4 Å². The molecule has 1 aromatic heterocycles. The summed E-state index contributed by atoms with van der Waals surface area (Å²) in [5, 5.41) is 0. The van der Waals surface area contributed by atoms with Crippen molar-refractivity contribution < 1.29 is 0 Å². The number of nitrogens with two attached hydrogens (primary N) is 1. The molecule has 0 bridgehead atoms. The van der Waals surface area contributed by atoms with Crippen molar-refractivity contribution in [3.63, 3.8) is 0 Å². The van der Waals surface area contributed by atoms with E-state index in [-0.39, 0.29) is 5.41 Å². The van der Waals surface area contributed by atoms with Gasteiger partial charge >= 0.3 is 0 Å². The van der Waals surface area contributed by atoms with Gasteiger partial charge in [0, 0.05) is 5.69 Å². The van der Waals surface area contributed by atoms with E-state index >= 15 is 0 Å². The van der Waals surface area contributed by atoms with Gasteiger partial charge in [-0.3, -0.25) is 0 Å². The van der Waals surface area contributed by atoms with Crippen molar-refractivity contribution in [2.45, 2.75) is 20.3 Å². The molecule has 13 heavy (non-hydrogen) atoms. The highest BCUT2D eigenvalue weighted by molar-refractivity contribution is 9.10. The lowest BCUT2D eigenvalue weighted by atomic mass is 9.88. The van der Waals surface area contributed by atoms with E-state index in [0.717, 1.165) is 16.7 Å². The Bertz CT molecular complexity index is 284. The summed E-state index contributed by atoms with van der Waals surface area (Å²) >= 11 is 3.35.